The molecular weight excluding hydrogens is 1160 g/mol. The maximum absolute atomic E-state index is 13.0. The number of carbonyl (C=O) groups excluding carboxylic acids is 4. The fraction of sp³-hybridized carbons (Fsp3) is 0.826. The summed E-state index contributed by atoms with van der Waals surface area (Å²) in [6.45, 7) is 6.99. The predicted molar refractivity (Wildman–Crippen MR) is 353 cm³/mol. The van der Waals surface area contributed by atoms with E-state index in [-0.39, 0.29) is 25.7 Å². The van der Waals surface area contributed by atoms with Crippen LogP contribution in [0.25, 0.3) is 0 Å². The van der Waals surface area contributed by atoms with E-state index in [1.54, 1.807) is 0 Å². The Labute approximate surface area is 534 Å². The van der Waals surface area contributed by atoms with Gasteiger partial charge in [0, 0.05) is 25.7 Å². The third kappa shape index (κ3) is 61.9. The molecule has 88 heavy (non-hydrogen) atoms. The number of allylic oxidation sites excluding steroid dienone is 8. The first-order valence-electron chi connectivity index (χ1n) is 34.8. The van der Waals surface area contributed by atoms with Crippen LogP contribution in [0.1, 0.15) is 304 Å². The van der Waals surface area contributed by atoms with Crippen LogP contribution in [0, 0.1) is 5.92 Å². The van der Waals surface area contributed by atoms with Gasteiger partial charge in [-0.1, -0.05) is 250 Å². The molecule has 0 rings (SSSR count). The number of aliphatic hydroxyl groups excluding tert-OH is 1. The molecule has 0 fully saturated rings. The third-order valence-corrected chi connectivity index (χ3v) is 16.7. The van der Waals surface area contributed by atoms with E-state index in [4.69, 9.17) is 37.0 Å². The number of phosphoric acid groups is 2. The molecule has 0 aromatic heterocycles. The maximum atomic E-state index is 13.0. The summed E-state index contributed by atoms with van der Waals surface area (Å²) in [7, 11) is -9.92. The number of rotatable bonds is 65. The predicted octanol–water partition coefficient (Wildman–Crippen LogP) is 18.8. The van der Waals surface area contributed by atoms with Crippen molar-refractivity contribution in [3.63, 3.8) is 0 Å². The first-order valence-corrected chi connectivity index (χ1v) is 37.8. The topological polar surface area (TPSA) is 237 Å². The van der Waals surface area contributed by atoms with Crippen molar-refractivity contribution in [2.24, 2.45) is 5.92 Å². The fourth-order valence-corrected chi connectivity index (χ4v) is 11.0. The highest BCUT2D eigenvalue weighted by Gasteiger charge is 2.30. The monoisotopic (exact) mass is 1290 g/mol. The zero-order chi connectivity index (χ0) is 64.9. The quantitative estimate of drug-likeness (QED) is 0.0169. The summed E-state index contributed by atoms with van der Waals surface area (Å²) in [6.07, 6.45) is 53.2. The first kappa shape index (κ1) is 85.0. The van der Waals surface area contributed by atoms with Gasteiger partial charge in [0.15, 0.2) is 12.2 Å². The highest BCUT2D eigenvalue weighted by molar-refractivity contribution is 7.47. The summed E-state index contributed by atoms with van der Waals surface area (Å²) in [4.78, 5) is 72.3. The summed E-state index contributed by atoms with van der Waals surface area (Å²) >= 11 is 0. The molecule has 0 aromatic carbocycles. The Morgan fingerprint density at radius 1 is 0.352 bits per heavy atom. The summed E-state index contributed by atoms with van der Waals surface area (Å²) in [5.74, 6) is -1.53. The van der Waals surface area contributed by atoms with Crippen LogP contribution in [0.2, 0.25) is 0 Å². The van der Waals surface area contributed by atoms with Crippen molar-refractivity contribution in [1.29, 1.82) is 0 Å². The lowest BCUT2D eigenvalue weighted by atomic mass is 10.0. The van der Waals surface area contributed by atoms with E-state index >= 15 is 0 Å². The molecule has 0 heterocycles. The molecule has 19 heteroatoms. The molecule has 0 saturated heterocycles. The number of carbonyl (C=O) groups is 4. The lowest BCUT2D eigenvalue weighted by molar-refractivity contribution is -0.161. The number of unbranched alkanes of at least 4 members (excludes halogenated alkanes) is 31. The van der Waals surface area contributed by atoms with Gasteiger partial charge in [0.2, 0.25) is 0 Å². The zero-order valence-corrected chi connectivity index (χ0v) is 57.6. The van der Waals surface area contributed by atoms with Gasteiger partial charge < -0.3 is 33.8 Å². The van der Waals surface area contributed by atoms with Gasteiger partial charge >= 0.3 is 39.5 Å². The zero-order valence-electron chi connectivity index (χ0n) is 55.8. The minimum absolute atomic E-state index is 0.0779. The van der Waals surface area contributed by atoms with Crippen molar-refractivity contribution in [3.05, 3.63) is 48.6 Å². The van der Waals surface area contributed by atoms with Gasteiger partial charge in [-0.3, -0.25) is 37.3 Å². The van der Waals surface area contributed by atoms with Crippen molar-refractivity contribution in [2.75, 3.05) is 39.6 Å². The average molecular weight is 1290 g/mol. The molecule has 0 spiro atoms. The number of phosphoric ester groups is 2. The van der Waals surface area contributed by atoms with Crippen LogP contribution in [-0.4, -0.2) is 96.7 Å². The molecule has 0 bridgehead atoms. The van der Waals surface area contributed by atoms with Crippen LogP contribution >= 0.6 is 15.6 Å². The van der Waals surface area contributed by atoms with Gasteiger partial charge in [-0.2, -0.15) is 0 Å². The van der Waals surface area contributed by atoms with E-state index in [1.807, 2.05) is 0 Å². The summed E-state index contributed by atoms with van der Waals surface area (Å²) < 4.78 is 68.0. The number of aliphatic hydroxyl groups is 1. The number of hydrogen-bond donors (Lipinski definition) is 3. The number of ether oxygens (including phenoxy) is 4. The highest BCUT2D eigenvalue weighted by atomic mass is 31.2. The number of hydrogen-bond acceptors (Lipinski definition) is 15. The molecular formula is C69H126O17P2. The first-order chi connectivity index (χ1) is 42.5. The molecule has 514 valence electrons. The van der Waals surface area contributed by atoms with Gasteiger partial charge in [0.25, 0.3) is 0 Å². The lowest BCUT2D eigenvalue weighted by Gasteiger charge is -2.21. The summed E-state index contributed by atoms with van der Waals surface area (Å²) in [5.41, 5.74) is 0. The van der Waals surface area contributed by atoms with Crippen LogP contribution in [0.4, 0.5) is 0 Å². The molecule has 2 unspecified atom stereocenters. The SMILES string of the molecule is CCCCCC/C=C\C=C/CCCCCCCC(=O)OC[C@H](COP(=O)(O)OC[C@@H](O)COP(=O)(O)OC[C@@H](COC(=O)CCCCCCCCCCC)OC(=O)CCCCCCCCC(C)C)OC(=O)CCCCCCC/C=C\C=C/CCCCCC. The Hall–Kier alpha value is -2.98. The molecule has 0 aliphatic carbocycles. The standard InChI is InChI=1S/C69H126O17P2/c1-6-9-12-15-18-21-23-25-27-29-31-34-37-43-48-53-67(72)80-58-64(85-68(73)54-49-44-38-35-32-30-28-26-24-22-19-16-13-10-7-2)60-83-87(75,76)81-56-63(70)57-82-88(77,78)84-61-65(86-69(74)55-50-45-40-39-41-46-51-62(4)5)59-79-66(71)52-47-42-36-33-20-17-14-11-8-3/h21-28,62-65,70H,6-20,29-61H2,1-5H3,(H,75,76)(H,77,78)/b23-21-,24-22-,27-25-,28-26-/t63-,64-,65-/m1/s1. The van der Waals surface area contributed by atoms with Crippen LogP contribution < -0.4 is 0 Å². The molecule has 3 N–H and O–H groups in total. The van der Waals surface area contributed by atoms with Crippen molar-refractivity contribution in [3.8, 4) is 0 Å². The van der Waals surface area contributed by atoms with Crippen molar-refractivity contribution in [2.45, 2.75) is 323 Å². The summed E-state index contributed by atoms with van der Waals surface area (Å²) in [5, 5.41) is 10.6. The van der Waals surface area contributed by atoms with E-state index in [2.05, 4.69) is 83.2 Å². The van der Waals surface area contributed by atoms with Crippen LogP contribution in [0.15, 0.2) is 48.6 Å². The minimum Gasteiger partial charge on any atom is -0.462 e. The van der Waals surface area contributed by atoms with Gasteiger partial charge in [-0.05, 0) is 83.0 Å². The molecule has 0 amide bonds. The average Bonchev–Trinajstić information content (AvgIpc) is 3.60. The largest absolute Gasteiger partial charge is 0.472 e. The van der Waals surface area contributed by atoms with E-state index in [9.17, 15) is 43.2 Å². The lowest BCUT2D eigenvalue weighted by Crippen LogP contribution is -2.30. The number of esters is 4. The molecule has 17 nitrogen and oxygen atoms in total. The third-order valence-electron chi connectivity index (χ3n) is 14.8. The Morgan fingerprint density at radius 2 is 0.614 bits per heavy atom. The molecule has 0 radical (unpaired) electrons. The van der Waals surface area contributed by atoms with Crippen LogP contribution in [0.3, 0.4) is 0 Å². The van der Waals surface area contributed by atoms with Gasteiger partial charge in [0.1, 0.15) is 19.3 Å². The Morgan fingerprint density at radius 3 is 0.932 bits per heavy atom. The van der Waals surface area contributed by atoms with Crippen molar-refractivity contribution >= 4 is 39.5 Å². The second-order valence-electron chi connectivity index (χ2n) is 24.0. The van der Waals surface area contributed by atoms with E-state index in [0.717, 1.165) is 122 Å². The normalized spacial score (nSPS) is 14.5. The molecule has 0 saturated carbocycles. The van der Waals surface area contributed by atoms with E-state index in [0.29, 0.717) is 31.6 Å². The molecule has 0 aliphatic rings. The molecule has 5 atom stereocenters. The van der Waals surface area contributed by atoms with Crippen LogP contribution in [0.5, 0.6) is 0 Å². The maximum Gasteiger partial charge on any atom is 0.472 e. The van der Waals surface area contributed by atoms with E-state index in [1.165, 1.54) is 96.3 Å². The second-order valence-corrected chi connectivity index (χ2v) is 26.9. The van der Waals surface area contributed by atoms with E-state index < -0.39 is 97.5 Å². The Kier molecular flexibility index (Phi) is 59.4. The highest BCUT2D eigenvalue weighted by Crippen LogP contribution is 2.45. The Bertz CT molecular complexity index is 1890. The van der Waals surface area contributed by atoms with Crippen molar-refractivity contribution in [1.82, 2.24) is 0 Å². The molecule has 0 aliphatic heterocycles. The fourth-order valence-electron chi connectivity index (χ4n) is 9.39. The second kappa shape index (κ2) is 61.5. The van der Waals surface area contributed by atoms with Crippen LogP contribution in [-0.2, 0) is 65.4 Å². The smallest absolute Gasteiger partial charge is 0.462 e. The van der Waals surface area contributed by atoms with Gasteiger partial charge in [0.05, 0.1) is 26.4 Å². The minimum atomic E-state index is -4.97. The summed E-state index contributed by atoms with van der Waals surface area (Å²) in [6, 6.07) is 0. The van der Waals surface area contributed by atoms with Gasteiger partial charge in [-0.15, -0.1) is 0 Å². The Balaban J connectivity index is 5.30. The molecule has 0 aromatic rings. The van der Waals surface area contributed by atoms with Crippen molar-refractivity contribution < 1.29 is 80.2 Å². The van der Waals surface area contributed by atoms with Gasteiger partial charge in [-0.25, -0.2) is 9.13 Å².